The van der Waals surface area contributed by atoms with Gasteiger partial charge in [0.15, 0.2) is 0 Å². The van der Waals surface area contributed by atoms with E-state index < -0.39 is 13.1 Å². The molecule has 0 N–H and O–H groups in total. The molecule has 58 valence electrons. The van der Waals surface area contributed by atoms with Crippen molar-refractivity contribution in [2.45, 2.75) is 0 Å². The van der Waals surface area contributed by atoms with Crippen molar-refractivity contribution in [3.8, 4) is 0 Å². The Morgan fingerprint density at radius 2 is 2.36 bits per heavy atom. The summed E-state index contributed by atoms with van der Waals surface area (Å²) >= 11 is 3.01. The molecule has 0 unspecified atom stereocenters. The van der Waals surface area contributed by atoms with Crippen LogP contribution in [0, 0.1) is 0 Å². The number of rotatable bonds is 2. The van der Waals surface area contributed by atoms with Gasteiger partial charge in [-0.15, -0.1) is 0 Å². The second-order valence-corrected chi connectivity index (χ2v) is 2.68. The van der Waals surface area contributed by atoms with Crippen molar-refractivity contribution in [3.05, 3.63) is 10.5 Å². The molecule has 0 aliphatic carbocycles. The highest BCUT2D eigenvalue weighted by Gasteiger charge is 2.25. The number of hydrogen-bond donors (Lipinski definition) is 0. The highest BCUT2D eigenvalue weighted by Crippen LogP contribution is 2.12. The number of hydrogen-bond acceptors (Lipinski definition) is 4. The van der Waals surface area contributed by atoms with Crippen LogP contribution < -0.4 is 0 Å². The fourth-order valence-electron chi connectivity index (χ4n) is 0.528. The zero-order chi connectivity index (χ0) is 8.27. The third-order valence-electron chi connectivity index (χ3n) is 1.13. The van der Waals surface area contributed by atoms with Crippen molar-refractivity contribution < 1.29 is 18.8 Å². The molecule has 0 atom stereocenters. The minimum atomic E-state index is -0.441. The van der Waals surface area contributed by atoms with E-state index in [0.29, 0.717) is 4.48 Å². The lowest BCUT2D eigenvalue weighted by Gasteiger charge is -2.20. The maximum atomic E-state index is 10.7. The Hall–Kier alpha value is -0.260. The zero-order valence-electron chi connectivity index (χ0n) is 5.87. The summed E-state index contributed by atoms with van der Waals surface area (Å²) in [4.78, 5) is 10.7. The van der Waals surface area contributed by atoms with Gasteiger partial charge in [-0.2, -0.15) is 0 Å². The summed E-state index contributed by atoms with van der Waals surface area (Å²) in [6, 6.07) is 0. The Morgan fingerprint density at radius 3 is 2.73 bits per heavy atom. The molecule has 0 aromatic heterocycles. The molecule has 0 aromatic rings. The molecule has 1 aliphatic heterocycles. The SMILES string of the molecule is BOC(=O)/C(Br)=C\B1OCO1. The maximum absolute atomic E-state index is 10.7. The van der Waals surface area contributed by atoms with Crippen molar-refractivity contribution in [2.75, 3.05) is 6.79 Å². The van der Waals surface area contributed by atoms with E-state index in [0.717, 1.165) is 0 Å². The van der Waals surface area contributed by atoms with Crippen molar-refractivity contribution in [3.63, 3.8) is 0 Å². The lowest BCUT2D eigenvalue weighted by atomic mass is 9.88. The summed E-state index contributed by atoms with van der Waals surface area (Å²) in [7, 11) is 0.892. The molecule has 7 heteroatoms. The van der Waals surface area contributed by atoms with Gasteiger partial charge in [0, 0.05) is 0 Å². The standard InChI is InChI=1S/C4H5B2BrO4/c5-11-4(8)3(7)1-6-9-2-10-6/h1H,2,5H2/b3-1+. The molecule has 0 radical (unpaired) electrons. The van der Waals surface area contributed by atoms with E-state index in [2.05, 4.69) is 20.6 Å². The number of carbonyl (C=O) groups is 1. The molecule has 1 aliphatic rings. The highest BCUT2D eigenvalue weighted by molar-refractivity contribution is 9.12. The molecule has 1 heterocycles. The lowest BCUT2D eigenvalue weighted by Crippen LogP contribution is -2.34. The second-order valence-electron chi connectivity index (χ2n) is 1.83. The first-order valence-corrected chi connectivity index (χ1v) is 3.72. The smallest absolute Gasteiger partial charge is 0.490 e. The average molecular weight is 219 g/mol. The van der Waals surface area contributed by atoms with E-state index in [1.165, 1.54) is 14.0 Å². The number of carbonyl (C=O) groups excluding carboxylic acids is 1. The summed E-state index contributed by atoms with van der Waals surface area (Å²) in [5, 5.41) is 0. The lowest BCUT2D eigenvalue weighted by molar-refractivity contribution is -0.128. The zero-order valence-corrected chi connectivity index (χ0v) is 7.46. The Kier molecular flexibility index (Phi) is 3.16. The Bertz CT molecular complexity index is 191. The number of halogens is 1. The minimum absolute atomic E-state index is 0.280. The highest BCUT2D eigenvalue weighted by atomic mass is 79.9. The minimum Gasteiger partial charge on any atom is -0.540 e. The summed E-state index contributed by atoms with van der Waals surface area (Å²) < 4.78 is 14.4. The molecule has 0 aromatic carbocycles. The predicted octanol–water partition coefficient (Wildman–Crippen LogP) is -0.612. The quantitative estimate of drug-likeness (QED) is 0.458. The van der Waals surface area contributed by atoms with Gasteiger partial charge in [0.05, 0.1) is 4.48 Å². The van der Waals surface area contributed by atoms with Crippen molar-refractivity contribution in [2.24, 2.45) is 0 Å². The van der Waals surface area contributed by atoms with Crippen LogP contribution in [-0.2, 0) is 18.8 Å². The summed E-state index contributed by atoms with van der Waals surface area (Å²) in [6.45, 7) is 0.280. The van der Waals surface area contributed by atoms with Gasteiger partial charge in [-0.3, -0.25) is 0 Å². The molecule has 0 bridgehead atoms. The Balaban J connectivity index is 2.43. The molecule has 0 saturated carbocycles. The van der Waals surface area contributed by atoms with Gasteiger partial charge in [-0.25, -0.2) is 4.79 Å². The molecule has 1 saturated heterocycles. The van der Waals surface area contributed by atoms with Gasteiger partial charge in [0.2, 0.25) is 0 Å². The van der Waals surface area contributed by atoms with Crippen molar-refractivity contribution >= 4 is 37.1 Å². The fraction of sp³-hybridized carbons (Fsp3) is 0.250. The average Bonchev–Trinajstić information content (AvgIpc) is 1.94. The third kappa shape index (κ3) is 2.36. The Morgan fingerprint density at radius 1 is 1.73 bits per heavy atom. The van der Waals surface area contributed by atoms with Gasteiger partial charge in [-0.05, 0) is 21.9 Å². The van der Waals surface area contributed by atoms with Crippen LogP contribution in [0.1, 0.15) is 0 Å². The molecule has 1 fully saturated rings. The van der Waals surface area contributed by atoms with E-state index in [1.54, 1.807) is 0 Å². The van der Waals surface area contributed by atoms with Crippen LogP contribution >= 0.6 is 15.9 Å². The monoisotopic (exact) mass is 218 g/mol. The molecular weight excluding hydrogens is 214 g/mol. The van der Waals surface area contributed by atoms with Gasteiger partial charge >= 0.3 is 21.1 Å². The molecule has 0 spiro atoms. The maximum Gasteiger partial charge on any atom is 0.490 e. The van der Waals surface area contributed by atoms with Crippen molar-refractivity contribution in [1.82, 2.24) is 0 Å². The normalized spacial score (nSPS) is 17.5. The first-order chi connectivity index (χ1) is 5.24. The van der Waals surface area contributed by atoms with Crippen LogP contribution in [0.5, 0.6) is 0 Å². The molecule has 4 nitrogen and oxygen atoms in total. The van der Waals surface area contributed by atoms with Gasteiger partial charge in [0.1, 0.15) is 6.79 Å². The summed E-state index contributed by atoms with van der Waals surface area (Å²) in [5.41, 5.74) is 0. The first kappa shape index (κ1) is 8.83. The summed E-state index contributed by atoms with van der Waals surface area (Å²) in [6.07, 6.45) is 0. The predicted molar refractivity (Wildman–Crippen MR) is 44.4 cm³/mol. The molecular formula is C4H5B2BrO4. The molecule has 11 heavy (non-hydrogen) atoms. The topological polar surface area (TPSA) is 44.8 Å². The first-order valence-electron chi connectivity index (χ1n) is 2.93. The van der Waals surface area contributed by atoms with Crippen molar-refractivity contribution in [1.29, 1.82) is 0 Å². The van der Waals surface area contributed by atoms with E-state index in [-0.39, 0.29) is 6.79 Å². The van der Waals surface area contributed by atoms with Crippen LogP contribution in [0.3, 0.4) is 0 Å². The van der Waals surface area contributed by atoms with Gasteiger partial charge < -0.3 is 14.0 Å². The van der Waals surface area contributed by atoms with Crippen LogP contribution in [0.2, 0.25) is 0 Å². The van der Waals surface area contributed by atoms with E-state index in [9.17, 15) is 4.79 Å². The summed E-state index contributed by atoms with van der Waals surface area (Å²) in [5.74, 6) is 1.05. The molecule has 0 amide bonds. The van der Waals surface area contributed by atoms with E-state index >= 15 is 0 Å². The van der Waals surface area contributed by atoms with Gasteiger partial charge in [-0.1, -0.05) is 0 Å². The van der Waals surface area contributed by atoms with Crippen LogP contribution in [0.15, 0.2) is 10.5 Å². The fourth-order valence-corrected chi connectivity index (χ4v) is 0.906. The largest absolute Gasteiger partial charge is 0.540 e. The van der Waals surface area contributed by atoms with Crippen LogP contribution in [0.25, 0.3) is 0 Å². The van der Waals surface area contributed by atoms with E-state index in [1.807, 2.05) is 0 Å². The van der Waals surface area contributed by atoms with Crippen LogP contribution in [0.4, 0.5) is 0 Å². The molecule has 1 rings (SSSR count). The second kappa shape index (κ2) is 3.94. The Labute approximate surface area is 73.6 Å². The van der Waals surface area contributed by atoms with E-state index in [4.69, 9.17) is 9.31 Å². The van der Waals surface area contributed by atoms with Gasteiger partial charge in [0.25, 0.3) is 0 Å². The van der Waals surface area contributed by atoms with Crippen LogP contribution in [-0.4, -0.2) is 27.9 Å². The third-order valence-corrected chi connectivity index (χ3v) is 1.72.